The van der Waals surface area contributed by atoms with E-state index in [1.54, 1.807) is 21.7 Å². The number of urea groups is 1. The Morgan fingerprint density at radius 3 is 2.36 bits per heavy atom. The van der Waals surface area contributed by atoms with Gasteiger partial charge in [-0.3, -0.25) is 0 Å². The predicted molar refractivity (Wildman–Crippen MR) is 83.5 cm³/mol. The maximum Gasteiger partial charge on any atom is 0.490 e. The highest BCUT2D eigenvalue weighted by molar-refractivity contribution is 7.13. The zero-order chi connectivity index (χ0) is 18.8. The zero-order valence-corrected chi connectivity index (χ0v) is 14.4. The molecule has 0 aromatic carbocycles. The highest BCUT2D eigenvalue weighted by Crippen LogP contribution is 2.35. The first-order valence-corrected chi connectivity index (χ1v) is 8.31. The van der Waals surface area contributed by atoms with Crippen molar-refractivity contribution in [2.45, 2.75) is 31.1 Å². The molecule has 1 aromatic heterocycles. The number of carbonyl (C=O) groups is 2. The lowest BCUT2D eigenvalue weighted by Crippen LogP contribution is -2.44. The molecule has 0 unspecified atom stereocenters. The lowest BCUT2D eigenvalue weighted by Gasteiger charge is -2.27. The third kappa shape index (κ3) is 4.30. The van der Waals surface area contributed by atoms with Gasteiger partial charge in [0.05, 0.1) is 12.1 Å². The van der Waals surface area contributed by atoms with E-state index in [0.29, 0.717) is 12.1 Å². The molecule has 0 bridgehead atoms. The smallest absolute Gasteiger partial charge is 0.475 e. The van der Waals surface area contributed by atoms with E-state index < -0.39 is 12.1 Å². The quantitative estimate of drug-likeness (QED) is 0.793. The van der Waals surface area contributed by atoms with Gasteiger partial charge >= 0.3 is 18.2 Å². The summed E-state index contributed by atoms with van der Waals surface area (Å²) in [5.74, 6) is -2.76. The molecule has 1 aromatic rings. The van der Waals surface area contributed by atoms with Crippen LogP contribution in [0.5, 0.6) is 0 Å². The summed E-state index contributed by atoms with van der Waals surface area (Å²) in [6.07, 6.45) is -3.02. The molecule has 0 radical (unpaired) electrons. The standard InChI is InChI=1S/C11H17N5OS.C2HF3O2/c1-14(2)11(17)16-6-4-8-9(16)3-5-15(8)10-13-12-7-18-10;3-2(4,5)1(6)7/h7-9H,3-6H2,1-2H3;(H,6,7)/t8-,9+;/m0./s1. The van der Waals surface area contributed by atoms with E-state index in [4.69, 9.17) is 9.90 Å². The van der Waals surface area contributed by atoms with Crippen molar-refractivity contribution in [1.29, 1.82) is 0 Å². The molecule has 3 rings (SSSR count). The Bertz CT molecular complexity index is 611. The van der Waals surface area contributed by atoms with Gasteiger partial charge in [0.2, 0.25) is 5.13 Å². The number of carbonyl (C=O) groups excluding carboxylic acids is 1. The first-order chi connectivity index (χ1) is 11.6. The number of halogens is 3. The van der Waals surface area contributed by atoms with Crippen LogP contribution >= 0.6 is 11.3 Å². The van der Waals surface area contributed by atoms with Gasteiger partial charge in [-0.15, -0.1) is 10.2 Å². The number of fused-ring (bicyclic) bond motifs is 1. The Morgan fingerprint density at radius 1 is 1.28 bits per heavy atom. The van der Waals surface area contributed by atoms with E-state index in [1.807, 2.05) is 19.0 Å². The highest BCUT2D eigenvalue weighted by atomic mass is 32.1. The molecular formula is C13H18F3N5O3S. The number of nitrogens with zero attached hydrogens (tertiary/aromatic N) is 5. The van der Waals surface area contributed by atoms with Crippen molar-refractivity contribution in [2.24, 2.45) is 0 Å². The summed E-state index contributed by atoms with van der Waals surface area (Å²) < 4.78 is 31.7. The molecule has 12 heteroatoms. The maximum atomic E-state index is 12.1. The van der Waals surface area contributed by atoms with Crippen molar-refractivity contribution in [1.82, 2.24) is 20.0 Å². The number of anilines is 1. The van der Waals surface area contributed by atoms with E-state index in [-0.39, 0.29) is 6.03 Å². The number of aromatic nitrogens is 2. The lowest BCUT2D eigenvalue weighted by atomic mass is 10.1. The van der Waals surface area contributed by atoms with Crippen molar-refractivity contribution >= 4 is 28.5 Å². The van der Waals surface area contributed by atoms with Crippen LogP contribution in [0, 0.1) is 0 Å². The SMILES string of the molecule is CN(C)C(=O)N1CC[C@H]2[C@H]1CCN2c1nncs1.O=C(O)C(F)(F)F. The van der Waals surface area contributed by atoms with Gasteiger partial charge in [-0.1, -0.05) is 11.3 Å². The Kier molecular flexibility index (Phi) is 5.70. The molecular weight excluding hydrogens is 363 g/mol. The fourth-order valence-electron chi connectivity index (χ4n) is 3.01. The number of hydrogen-bond acceptors (Lipinski definition) is 6. The number of likely N-dealkylation sites (tertiary alicyclic amines) is 1. The minimum absolute atomic E-state index is 0.126. The van der Waals surface area contributed by atoms with Gasteiger partial charge in [-0.05, 0) is 12.8 Å². The molecule has 2 amide bonds. The van der Waals surface area contributed by atoms with Crippen LogP contribution in [-0.4, -0.2) is 82.5 Å². The lowest BCUT2D eigenvalue weighted by molar-refractivity contribution is -0.192. The maximum absolute atomic E-state index is 12.1. The van der Waals surface area contributed by atoms with E-state index in [2.05, 4.69) is 15.1 Å². The second-order valence-corrected chi connectivity index (χ2v) is 6.61. The Morgan fingerprint density at radius 2 is 1.88 bits per heavy atom. The largest absolute Gasteiger partial charge is 0.490 e. The number of amides is 2. The van der Waals surface area contributed by atoms with Gasteiger partial charge in [-0.2, -0.15) is 13.2 Å². The molecule has 2 fully saturated rings. The van der Waals surface area contributed by atoms with E-state index in [0.717, 1.165) is 31.1 Å². The van der Waals surface area contributed by atoms with Gasteiger partial charge in [-0.25, -0.2) is 9.59 Å². The van der Waals surface area contributed by atoms with Crippen molar-refractivity contribution in [2.75, 3.05) is 32.1 Å². The normalized spacial score (nSPS) is 22.3. The molecule has 2 aliphatic heterocycles. The first-order valence-electron chi connectivity index (χ1n) is 7.43. The number of alkyl halides is 3. The molecule has 8 nitrogen and oxygen atoms in total. The molecule has 2 saturated heterocycles. The van der Waals surface area contributed by atoms with Crippen molar-refractivity contribution in [3.63, 3.8) is 0 Å². The molecule has 0 spiro atoms. The van der Waals surface area contributed by atoms with E-state index >= 15 is 0 Å². The Balaban J connectivity index is 0.000000277. The third-order valence-electron chi connectivity index (χ3n) is 4.04. The molecule has 25 heavy (non-hydrogen) atoms. The summed E-state index contributed by atoms with van der Waals surface area (Å²) >= 11 is 1.57. The summed E-state index contributed by atoms with van der Waals surface area (Å²) in [7, 11) is 3.63. The van der Waals surface area contributed by atoms with Crippen LogP contribution in [0.4, 0.5) is 23.1 Å². The van der Waals surface area contributed by atoms with Crippen molar-refractivity contribution < 1.29 is 27.9 Å². The fourth-order valence-corrected chi connectivity index (χ4v) is 3.66. The van der Waals surface area contributed by atoms with Gasteiger partial charge in [0.1, 0.15) is 5.51 Å². The fraction of sp³-hybridized carbons (Fsp3) is 0.692. The third-order valence-corrected chi connectivity index (χ3v) is 4.77. The minimum atomic E-state index is -5.08. The zero-order valence-electron chi connectivity index (χ0n) is 13.6. The van der Waals surface area contributed by atoms with Gasteiger partial charge in [0, 0.05) is 27.2 Å². The van der Waals surface area contributed by atoms with Crippen LogP contribution in [0.2, 0.25) is 0 Å². The molecule has 2 atom stereocenters. The highest BCUT2D eigenvalue weighted by Gasteiger charge is 2.45. The molecule has 2 aliphatic rings. The van der Waals surface area contributed by atoms with Crippen LogP contribution in [0.3, 0.4) is 0 Å². The topological polar surface area (TPSA) is 89.9 Å². The van der Waals surface area contributed by atoms with Crippen molar-refractivity contribution in [3.8, 4) is 0 Å². The average Bonchev–Trinajstić information content (AvgIpc) is 3.22. The summed E-state index contributed by atoms with van der Waals surface area (Å²) in [5, 5.41) is 16.2. The number of hydrogen-bond donors (Lipinski definition) is 1. The van der Waals surface area contributed by atoms with Crippen LogP contribution in [0.1, 0.15) is 12.8 Å². The minimum Gasteiger partial charge on any atom is -0.475 e. The van der Waals surface area contributed by atoms with Gasteiger partial charge in [0.25, 0.3) is 0 Å². The van der Waals surface area contributed by atoms with E-state index in [1.165, 1.54) is 0 Å². The molecule has 0 aliphatic carbocycles. The van der Waals surface area contributed by atoms with Crippen molar-refractivity contribution in [3.05, 3.63) is 5.51 Å². The summed E-state index contributed by atoms with van der Waals surface area (Å²) in [6.45, 7) is 1.82. The van der Waals surface area contributed by atoms with Crippen LogP contribution in [0.25, 0.3) is 0 Å². The Hall–Kier alpha value is -2.11. The summed E-state index contributed by atoms with van der Waals surface area (Å²) in [5.41, 5.74) is 1.76. The van der Waals surface area contributed by atoms with E-state index in [9.17, 15) is 18.0 Å². The molecule has 1 N–H and O–H groups in total. The number of aliphatic carboxylic acids is 1. The molecule has 0 saturated carbocycles. The summed E-state index contributed by atoms with van der Waals surface area (Å²) in [4.78, 5) is 27.0. The van der Waals surface area contributed by atoms with Gasteiger partial charge < -0.3 is 19.8 Å². The number of carboxylic acid groups (broad SMARTS) is 1. The number of rotatable bonds is 1. The van der Waals surface area contributed by atoms with Gasteiger partial charge in [0.15, 0.2) is 0 Å². The second kappa shape index (κ2) is 7.42. The Labute approximate surface area is 145 Å². The predicted octanol–water partition coefficient (Wildman–Crippen LogP) is 1.51. The average molecular weight is 381 g/mol. The number of carboxylic acids is 1. The van der Waals surface area contributed by atoms with Crippen LogP contribution in [-0.2, 0) is 4.79 Å². The first kappa shape index (κ1) is 19.2. The molecule has 3 heterocycles. The van der Waals surface area contributed by atoms with Crippen LogP contribution < -0.4 is 4.90 Å². The molecule has 140 valence electrons. The van der Waals surface area contributed by atoms with Crippen LogP contribution in [0.15, 0.2) is 5.51 Å². The monoisotopic (exact) mass is 381 g/mol. The second-order valence-electron chi connectivity index (χ2n) is 5.80. The summed E-state index contributed by atoms with van der Waals surface area (Å²) in [6, 6.07) is 0.882.